The van der Waals surface area contributed by atoms with Gasteiger partial charge in [-0.1, -0.05) is 36.4 Å². The van der Waals surface area contributed by atoms with E-state index >= 15 is 0 Å². The molecule has 3 aromatic rings. The minimum Gasteiger partial charge on any atom is -0.322 e. The second kappa shape index (κ2) is 8.88. The average molecular weight is 440 g/mol. The Bertz CT molecular complexity index is 1250. The molecular formula is C23H22F2N4O3. The van der Waals surface area contributed by atoms with Crippen LogP contribution in [0.4, 0.5) is 14.5 Å². The molecule has 1 aliphatic heterocycles. The summed E-state index contributed by atoms with van der Waals surface area (Å²) in [5.74, 6) is -1.87. The Morgan fingerprint density at radius 2 is 1.66 bits per heavy atom. The van der Waals surface area contributed by atoms with E-state index in [1.165, 1.54) is 17.2 Å². The number of benzene rings is 2. The van der Waals surface area contributed by atoms with Gasteiger partial charge in [0, 0.05) is 30.8 Å². The Morgan fingerprint density at radius 1 is 0.969 bits per heavy atom. The molecule has 1 saturated heterocycles. The molecule has 1 unspecified atom stereocenters. The van der Waals surface area contributed by atoms with E-state index in [-0.39, 0.29) is 30.1 Å². The average Bonchev–Trinajstić information content (AvgIpc) is 3.21. The van der Waals surface area contributed by atoms with E-state index in [0.717, 1.165) is 21.3 Å². The highest BCUT2D eigenvalue weighted by Crippen LogP contribution is 2.19. The van der Waals surface area contributed by atoms with Crippen molar-refractivity contribution in [1.82, 2.24) is 9.13 Å². The molecular weight excluding hydrogens is 418 g/mol. The summed E-state index contributed by atoms with van der Waals surface area (Å²) in [5.41, 5.74) is 5.20. The first kappa shape index (κ1) is 21.6. The van der Waals surface area contributed by atoms with Crippen molar-refractivity contribution in [2.45, 2.75) is 32.0 Å². The number of hydrogen-bond donors (Lipinski definition) is 1. The van der Waals surface area contributed by atoms with E-state index in [2.05, 4.69) is 0 Å². The van der Waals surface area contributed by atoms with E-state index in [9.17, 15) is 23.2 Å². The summed E-state index contributed by atoms with van der Waals surface area (Å²) in [5, 5.41) is 0. The Labute approximate surface area is 182 Å². The predicted molar refractivity (Wildman–Crippen MR) is 115 cm³/mol. The fraction of sp³-hybridized carbons (Fsp3) is 0.261. The molecule has 1 aromatic heterocycles. The number of rotatable bonds is 6. The van der Waals surface area contributed by atoms with Crippen LogP contribution < -0.4 is 21.9 Å². The van der Waals surface area contributed by atoms with E-state index in [1.807, 2.05) is 6.07 Å². The van der Waals surface area contributed by atoms with Crippen molar-refractivity contribution >= 4 is 11.6 Å². The SMILES string of the molecule is NC(Cn1c(=O)c(N2CCCC2=O)cn(Cc2c(F)cccc2F)c1=O)c1ccccc1. The number of aromatic nitrogens is 2. The van der Waals surface area contributed by atoms with Crippen LogP contribution in [0.15, 0.2) is 64.3 Å². The third-order valence-corrected chi connectivity index (χ3v) is 5.58. The normalized spacial score (nSPS) is 14.7. The van der Waals surface area contributed by atoms with Gasteiger partial charge in [-0.2, -0.15) is 0 Å². The first-order valence-electron chi connectivity index (χ1n) is 10.2. The van der Waals surface area contributed by atoms with Crippen LogP contribution >= 0.6 is 0 Å². The topological polar surface area (TPSA) is 90.3 Å². The second-order valence-corrected chi connectivity index (χ2v) is 7.71. The monoisotopic (exact) mass is 440 g/mol. The van der Waals surface area contributed by atoms with Gasteiger partial charge in [0.1, 0.15) is 17.3 Å². The standard InChI is InChI=1S/C23H22F2N4O3/c24-17-8-4-9-18(25)16(17)12-27-14-20(28-11-5-10-21(28)30)22(31)29(23(27)32)13-19(26)15-6-2-1-3-7-15/h1-4,6-9,14,19H,5,10-13,26H2. The summed E-state index contributed by atoms with van der Waals surface area (Å²) < 4.78 is 30.4. The van der Waals surface area contributed by atoms with Crippen LogP contribution in [0.25, 0.3) is 0 Å². The number of nitrogens with two attached hydrogens (primary N) is 1. The van der Waals surface area contributed by atoms with Crippen molar-refractivity contribution in [1.29, 1.82) is 0 Å². The fourth-order valence-corrected chi connectivity index (χ4v) is 3.86. The van der Waals surface area contributed by atoms with Crippen LogP contribution in [-0.2, 0) is 17.9 Å². The van der Waals surface area contributed by atoms with Gasteiger partial charge >= 0.3 is 5.69 Å². The van der Waals surface area contributed by atoms with Gasteiger partial charge in [-0.25, -0.2) is 13.6 Å². The third kappa shape index (κ3) is 4.11. The van der Waals surface area contributed by atoms with Gasteiger partial charge in [0.05, 0.1) is 13.1 Å². The lowest BCUT2D eigenvalue weighted by atomic mass is 10.1. The molecule has 32 heavy (non-hydrogen) atoms. The van der Waals surface area contributed by atoms with Crippen LogP contribution in [0, 0.1) is 11.6 Å². The molecule has 9 heteroatoms. The van der Waals surface area contributed by atoms with Crippen molar-refractivity contribution in [3.8, 4) is 0 Å². The van der Waals surface area contributed by atoms with Gasteiger partial charge in [-0.15, -0.1) is 0 Å². The molecule has 0 aliphatic carbocycles. The third-order valence-electron chi connectivity index (χ3n) is 5.58. The first-order valence-corrected chi connectivity index (χ1v) is 10.2. The van der Waals surface area contributed by atoms with Gasteiger partial charge in [0.2, 0.25) is 5.91 Å². The summed E-state index contributed by atoms with van der Waals surface area (Å²) in [6, 6.07) is 11.7. The van der Waals surface area contributed by atoms with Crippen LogP contribution in [0.1, 0.15) is 30.0 Å². The molecule has 1 fully saturated rings. The van der Waals surface area contributed by atoms with Crippen molar-refractivity contribution < 1.29 is 13.6 Å². The van der Waals surface area contributed by atoms with E-state index in [0.29, 0.717) is 18.5 Å². The fourth-order valence-electron chi connectivity index (χ4n) is 3.86. The summed E-state index contributed by atoms with van der Waals surface area (Å²) in [6.07, 6.45) is 2.05. The number of carbonyl (C=O) groups excluding carboxylic acids is 1. The summed E-state index contributed by atoms with van der Waals surface area (Å²) in [4.78, 5) is 39.9. The number of halogens is 2. The minimum atomic E-state index is -0.811. The zero-order valence-corrected chi connectivity index (χ0v) is 17.2. The van der Waals surface area contributed by atoms with Crippen molar-refractivity contribution in [3.63, 3.8) is 0 Å². The maximum absolute atomic E-state index is 14.2. The van der Waals surface area contributed by atoms with E-state index in [4.69, 9.17) is 5.73 Å². The van der Waals surface area contributed by atoms with Gasteiger partial charge in [-0.3, -0.25) is 18.7 Å². The summed E-state index contributed by atoms with van der Waals surface area (Å²) in [7, 11) is 0. The minimum absolute atomic E-state index is 0.0101. The lowest BCUT2D eigenvalue weighted by Gasteiger charge is -2.21. The maximum atomic E-state index is 14.2. The van der Waals surface area contributed by atoms with Crippen molar-refractivity contribution in [3.05, 3.63) is 98.3 Å². The van der Waals surface area contributed by atoms with Crippen LogP contribution in [0.3, 0.4) is 0 Å². The Morgan fingerprint density at radius 3 is 2.28 bits per heavy atom. The van der Waals surface area contributed by atoms with Crippen molar-refractivity contribution in [2.24, 2.45) is 5.73 Å². The summed E-state index contributed by atoms with van der Waals surface area (Å²) >= 11 is 0. The Kier molecular flexibility index (Phi) is 6.00. The molecule has 166 valence electrons. The molecule has 1 amide bonds. The number of carbonyl (C=O) groups is 1. The molecule has 7 nitrogen and oxygen atoms in total. The van der Waals surface area contributed by atoms with Crippen LogP contribution in [0.5, 0.6) is 0 Å². The van der Waals surface area contributed by atoms with Gasteiger partial charge in [0.15, 0.2) is 0 Å². The van der Waals surface area contributed by atoms with Gasteiger partial charge < -0.3 is 10.6 Å². The molecule has 0 bridgehead atoms. The van der Waals surface area contributed by atoms with Gasteiger partial charge in [0.25, 0.3) is 5.56 Å². The molecule has 0 saturated carbocycles. The lowest BCUT2D eigenvalue weighted by Crippen LogP contribution is -2.45. The number of nitrogens with zero attached hydrogens (tertiary/aromatic N) is 3. The lowest BCUT2D eigenvalue weighted by molar-refractivity contribution is -0.117. The molecule has 2 aromatic carbocycles. The largest absolute Gasteiger partial charge is 0.331 e. The molecule has 0 spiro atoms. The Hall–Kier alpha value is -3.59. The maximum Gasteiger partial charge on any atom is 0.331 e. The number of amides is 1. The van der Waals surface area contributed by atoms with Crippen molar-refractivity contribution in [2.75, 3.05) is 11.4 Å². The Balaban J connectivity index is 1.82. The zero-order valence-electron chi connectivity index (χ0n) is 17.2. The van der Waals surface area contributed by atoms with E-state index < -0.39 is 35.5 Å². The first-order chi connectivity index (χ1) is 15.4. The molecule has 2 N–H and O–H groups in total. The van der Waals surface area contributed by atoms with E-state index in [1.54, 1.807) is 24.3 Å². The number of hydrogen-bond acceptors (Lipinski definition) is 4. The highest BCUT2D eigenvalue weighted by Gasteiger charge is 2.27. The van der Waals surface area contributed by atoms with Crippen LogP contribution in [0.2, 0.25) is 0 Å². The molecule has 1 aliphatic rings. The molecule has 1 atom stereocenters. The molecule has 2 heterocycles. The predicted octanol–water partition coefficient (Wildman–Crippen LogP) is 2.16. The molecule has 0 radical (unpaired) electrons. The second-order valence-electron chi connectivity index (χ2n) is 7.71. The highest BCUT2D eigenvalue weighted by atomic mass is 19.1. The molecule has 4 rings (SSSR count). The van der Waals surface area contributed by atoms with Crippen LogP contribution in [-0.4, -0.2) is 21.6 Å². The van der Waals surface area contributed by atoms with Gasteiger partial charge in [-0.05, 0) is 24.1 Å². The number of anilines is 1. The quantitative estimate of drug-likeness (QED) is 0.636. The zero-order chi connectivity index (χ0) is 22.8. The smallest absolute Gasteiger partial charge is 0.322 e. The summed E-state index contributed by atoms with van der Waals surface area (Å²) in [6.45, 7) is -0.268. The highest BCUT2D eigenvalue weighted by molar-refractivity contribution is 5.94.